The molecule has 0 unspecified atom stereocenters. The summed E-state index contributed by atoms with van der Waals surface area (Å²) >= 11 is 5.83. The number of aryl methyl sites for hydroxylation is 1. The molecule has 0 bridgehead atoms. The number of amides is 2. The summed E-state index contributed by atoms with van der Waals surface area (Å²) in [6, 6.07) is 6.89. The second kappa shape index (κ2) is 23.6. The molecule has 58 heavy (non-hydrogen) atoms. The van der Waals surface area contributed by atoms with Crippen LogP contribution >= 0.6 is 11.6 Å². The minimum atomic E-state index is -2.05. The van der Waals surface area contributed by atoms with Gasteiger partial charge in [0.25, 0.3) is 5.91 Å². The largest absolute Gasteiger partial charge is 0.394 e. The average Bonchev–Trinajstić information content (AvgIpc) is 3.20. The maximum Gasteiger partial charge on any atom is 0.280 e. The molecule has 2 rings (SSSR count). The molecule has 0 aliphatic carbocycles. The van der Waals surface area contributed by atoms with E-state index in [1.807, 2.05) is 0 Å². The smallest absolute Gasteiger partial charge is 0.280 e. The molecular formula is C35H59ClN10O12. The predicted molar refractivity (Wildman–Crippen MR) is 211 cm³/mol. The van der Waals surface area contributed by atoms with Gasteiger partial charge in [0.1, 0.15) is 42.2 Å². The number of hydrogen-bond acceptors (Lipinski definition) is 19. The van der Waals surface area contributed by atoms with E-state index in [-0.39, 0.29) is 48.0 Å². The summed E-state index contributed by atoms with van der Waals surface area (Å²) in [5, 5.41) is 107. The van der Waals surface area contributed by atoms with Crippen LogP contribution in [0.5, 0.6) is 0 Å². The number of anilines is 2. The lowest BCUT2D eigenvalue weighted by atomic mass is 9.84. The van der Waals surface area contributed by atoms with Gasteiger partial charge in [-0.2, -0.15) is 0 Å². The Morgan fingerprint density at radius 3 is 1.79 bits per heavy atom. The molecular weight excluding hydrogens is 788 g/mol. The zero-order valence-electron chi connectivity index (χ0n) is 32.4. The third-order valence-corrected chi connectivity index (χ3v) is 9.81. The quantitative estimate of drug-likeness (QED) is 0.0193. The lowest BCUT2D eigenvalue weighted by Crippen LogP contribution is -2.65. The van der Waals surface area contributed by atoms with E-state index >= 15 is 0 Å². The molecule has 22 nitrogen and oxygen atoms in total. The van der Waals surface area contributed by atoms with Crippen LogP contribution in [0.25, 0.3) is 0 Å². The normalized spacial score (nSPS) is 17.5. The van der Waals surface area contributed by atoms with Gasteiger partial charge >= 0.3 is 0 Å². The van der Waals surface area contributed by atoms with E-state index in [2.05, 4.69) is 20.3 Å². The van der Waals surface area contributed by atoms with E-state index in [1.54, 1.807) is 38.1 Å². The number of aliphatic hydroxyl groups excluding tert-OH is 10. The predicted octanol–water partition coefficient (Wildman–Crippen LogP) is -4.75. The van der Waals surface area contributed by atoms with Crippen LogP contribution in [0.4, 0.5) is 11.6 Å². The summed E-state index contributed by atoms with van der Waals surface area (Å²) in [6.45, 7) is 0.527. The van der Waals surface area contributed by atoms with Crippen LogP contribution in [0.3, 0.4) is 0 Å². The highest BCUT2D eigenvalue weighted by molar-refractivity contribution is 6.31. The highest BCUT2D eigenvalue weighted by Crippen LogP contribution is 2.35. The summed E-state index contributed by atoms with van der Waals surface area (Å²) in [7, 11) is 0. The van der Waals surface area contributed by atoms with Crippen LogP contribution in [-0.2, 0) is 16.8 Å². The average molecular weight is 847 g/mol. The lowest BCUT2D eigenvalue weighted by molar-refractivity contribution is -0.187. The molecule has 23 heteroatoms. The molecule has 0 radical (unpaired) electrons. The Bertz CT molecular complexity index is 1600. The Hall–Kier alpha value is -3.88. The molecule has 0 saturated carbocycles. The van der Waals surface area contributed by atoms with Crippen molar-refractivity contribution in [3.63, 3.8) is 0 Å². The molecule has 2 amide bonds. The Morgan fingerprint density at radius 2 is 1.33 bits per heavy atom. The molecule has 328 valence electrons. The molecule has 0 aliphatic heterocycles. The van der Waals surface area contributed by atoms with Crippen LogP contribution in [-0.4, -0.2) is 177 Å². The molecule has 0 aliphatic rings. The van der Waals surface area contributed by atoms with Crippen LogP contribution < -0.4 is 28.3 Å². The molecule has 9 atom stereocenters. The zero-order chi connectivity index (χ0) is 43.9. The van der Waals surface area contributed by atoms with Gasteiger partial charge in [0.05, 0.1) is 25.4 Å². The SMILES string of the molecule is CCCN(N(C[C@H](O)[C@@H](O)[C@H](O)[C@H](O)CO)C[C@H](O)[C@@H](O)[C@H](O)[C@H](O)CO)[C@](CC)(C(N)=O)c1ccc(CCCCN=C(N)NC(=O)c2nc(Cl)c(N)nc2N)cc1. The lowest BCUT2D eigenvalue weighted by Gasteiger charge is -2.49. The van der Waals surface area contributed by atoms with Gasteiger partial charge in [-0.3, -0.25) is 19.9 Å². The molecule has 1 aromatic carbocycles. The van der Waals surface area contributed by atoms with Crippen molar-refractivity contribution >= 4 is 41.0 Å². The first-order valence-electron chi connectivity index (χ1n) is 18.6. The van der Waals surface area contributed by atoms with Gasteiger partial charge in [0.2, 0.25) is 5.91 Å². The van der Waals surface area contributed by atoms with Gasteiger partial charge in [-0.1, -0.05) is 49.7 Å². The standard InChI is InChI=1S/C35H59ClN10O12/c1-3-13-46(45(14-20(49)25(53)27(55)22(51)16-47)15-21(50)26(54)28(56)23(52)17-48)35(4-2,33(39)58)19-10-8-18(9-11-19)7-5-6-12-41-34(40)44-32(57)24-30(37)43-31(38)29(36)42-24/h8-11,20-23,25-28,47-56H,3-7,12-17H2,1-2H3,(H2,39,58)(H4,37,38,43)(H3,40,41,44,57)/t20-,21-,22+,23+,25+,26+,27+,28+,35-/m0/s1. The Morgan fingerprint density at radius 1 is 0.810 bits per heavy atom. The fraction of sp³-hybridized carbons (Fsp3) is 0.629. The number of nitrogens with one attached hydrogen (secondary N) is 1. The number of hydrazine groups is 1. The van der Waals surface area contributed by atoms with E-state index in [0.717, 1.165) is 5.56 Å². The number of primary amides is 1. The van der Waals surface area contributed by atoms with Crippen molar-refractivity contribution < 1.29 is 60.7 Å². The van der Waals surface area contributed by atoms with E-state index in [4.69, 9.17) is 34.5 Å². The number of aromatic nitrogens is 2. The molecule has 1 aromatic heterocycles. The maximum absolute atomic E-state index is 13.6. The number of carbonyl (C=O) groups is 2. The number of unbranched alkanes of at least 4 members (excludes halogenated alkanes) is 1. The fourth-order valence-electron chi connectivity index (χ4n) is 6.22. The summed E-state index contributed by atoms with van der Waals surface area (Å²) in [4.78, 5) is 37.8. The summed E-state index contributed by atoms with van der Waals surface area (Å²) in [5.74, 6) is -2.18. The van der Waals surface area contributed by atoms with E-state index in [9.17, 15) is 60.7 Å². The maximum atomic E-state index is 13.6. The first-order chi connectivity index (χ1) is 27.3. The first kappa shape index (κ1) is 50.3. The van der Waals surface area contributed by atoms with Crippen molar-refractivity contribution in [3.8, 4) is 0 Å². The van der Waals surface area contributed by atoms with Crippen LogP contribution in [0.2, 0.25) is 5.15 Å². The second-order valence-corrected chi connectivity index (χ2v) is 14.0. The van der Waals surface area contributed by atoms with Crippen LogP contribution in [0.15, 0.2) is 29.3 Å². The van der Waals surface area contributed by atoms with Crippen molar-refractivity contribution in [2.45, 2.75) is 100 Å². The molecule has 0 spiro atoms. The number of hydrogen-bond donors (Lipinski definition) is 15. The Kier molecular flexibility index (Phi) is 20.5. The van der Waals surface area contributed by atoms with Crippen molar-refractivity contribution in [1.29, 1.82) is 0 Å². The number of guanidine groups is 1. The molecule has 19 N–H and O–H groups in total. The summed E-state index contributed by atoms with van der Waals surface area (Å²) in [6.07, 6.45) is -13.5. The van der Waals surface area contributed by atoms with Crippen molar-refractivity contribution in [3.05, 3.63) is 46.2 Å². The summed E-state index contributed by atoms with van der Waals surface area (Å²) < 4.78 is 0. The minimum absolute atomic E-state index is 0.0215. The van der Waals surface area contributed by atoms with Gasteiger partial charge < -0.3 is 74.0 Å². The highest BCUT2D eigenvalue weighted by Gasteiger charge is 2.47. The number of nitrogen functional groups attached to an aromatic ring is 2. The number of halogens is 1. The van der Waals surface area contributed by atoms with Gasteiger partial charge in [-0.15, -0.1) is 0 Å². The number of aliphatic imine (C=N–C) groups is 1. The van der Waals surface area contributed by atoms with Crippen molar-refractivity contribution in [2.75, 3.05) is 50.9 Å². The monoisotopic (exact) mass is 846 g/mol. The Labute approximate surface area is 340 Å². The van der Waals surface area contributed by atoms with Gasteiger partial charge in [0.15, 0.2) is 28.4 Å². The third kappa shape index (κ3) is 13.1. The Balaban J connectivity index is 2.34. The minimum Gasteiger partial charge on any atom is -0.394 e. The number of nitrogens with two attached hydrogens (primary N) is 4. The van der Waals surface area contributed by atoms with Gasteiger partial charge in [0, 0.05) is 26.2 Å². The highest BCUT2D eigenvalue weighted by atomic mass is 35.5. The van der Waals surface area contributed by atoms with E-state index in [1.165, 1.54) is 10.0 Å². The molecule has 0 fully saturated rings. The number of aliphatic hydroxyl groups is 10. The van der Waals surface area contributed by atoms with Crippen molar-refractivity contribution in [1.82, 2.24) is 25.3 Å². The van der Waals surface area contributed by atoms with Crippen molar-refractivity contribution in [2.24, 2.45) is 16.5 Å². The molecule has 2 aromatic rings. The number of rotatable bonds is 25. The number of nitrogens with zero attached hydrogens (tertiary/aromatic N) is 5. The van der Waals surface area contributed by atoms with Crippen LogP contribution in [0, 0.1) is 0 Å². The van der Waals surface area contributed by atoms with E-state index < -0.39 is 92.5 Å². The topological polar surface area (TPSA) is 397 Å². The molecule has 0 saturated heterocycles. The number of carbonyl (C=O) groups excluding carboxylic acids is 2. The zero-order valence-corrected chi connectivity index (χ0v) is 33.2. The number of benzene rings is 1. The second-order valence-electron chi connectivity index (χ2n) is 13.7. The molecule has 1 heterocycles. The third-order valence-electron chi connectivity index (χ3n) is 9.53. The van der Waals surface area contributed by atoms with Gasteiger partial charge in [-0.05, 0) is 43.2 Å². The fourth-order valence-corrected chi connectivity index (χ4v) is 6.35. The van der Waals surface area contributed by atoms with Crippen LogP contribution in [0.1, 0.15) is 61.1 Å². The first-order valence-corrected chi connectivity index (χ1v) is 19.0. The van der Waals surface area contributed by atoms with E-state index in [0.29, 0.717) is 31.2 Å². The van der Waals surface area contributed by atoms with Gasteiger partial charge in [-0.25, -0.2) is 20.0 Å². The summed E-state index contributed by atoms with van der Waals surface area (Å²) in [5.41, 5.74) is 22.5.